The van der Waals surface area contributed by atoms with E-state index in [1.165, 1.54) is 12.1 Å². The highest BCUT2D eigenvalue weighted by atomic mass is 127. The first-order valence-electron chi connectivity index (χ1n) is 3.17. The number of isocyanates is 1. The molecule has 5 nitrogen and oxygen atoms in total. The summed E-state index contributed by atoms with van der Waals surface area (Å²) < 4.78 is 0.444. The second kappa shape index (κ2) is 4.11. The number of hydrogen-bond donors (Lipinski definition) is 0. The number of nitro benzene ring substituents is 1. The quantitative estimate of drug-likeness (QED) is 0.275. The zero-order valence-electron chi connectivity index (χ0n) is 6.23. The summed E-state index contributed by atoms with van der Waals surface area (Å²) in [5.41, 5.74) is -0.127. The maximum absolute atomic E-state index is 10.5. The fourth-order valence-electron chi connectivity index (χ4n) is 0.824. The molecule has 66 valence electrons. The van der Waals surface area contributed by atoms with Crippen molar-refractivity contribution in [2.45, 2.75) is 0 Å². The Bertz CT molecular complexity index is 399. The van der Waals surface area contributed by atoms with Crippen molar-refractivity contribution in [2.75, 3.05) is 0 Å². The average Bonchev–Trinajstić information content (AvgIpc) is 2.04. The second-order valence-electron chi connectivity index (χ2n) is 2.07. The molecule has 0 saturated heterocycles. The van der Waals surface area contributed by atoms with Crippen LogP contribution in [0.15, 0.2) is 23.2 Å². The van der Waals surface area contributed by atoms with Crippen LogP contribution in [0, 0.1) is 13.7 Å². The molecule has 6 heteroatoms. The molecule has 0 aliphatic carbocycles. The van der Waals surface area contributed by atoms with Crippen LogP contribution in [0.2, 0.25) is 0 Å². The molecule has 0 amide bonds. The smallest absolute Gasteiger partial charge is 0.258 e. The number of para-hydroxylation sites is 1. The van der Waals surface area contributed by atoms with E-state index in [1.807, 2.05) is 22.6 Å². The minimum absolute atomic E-state index is 0.0342. The Morgan fingerprint density at radius 3 is 2.77 bits per heavy atom. The fourth-order valence-corrected chi connectivity index (χ4v) is 1.50. The van der Waals surface area contributed by atoms with Crippen molar-refractivity contribution >= 4 is 40.0 Å². The highest BCUT2D eigenvalue weighted by molar-refractivity contribution is 14.1. The highest BCUT2D eigenvalue weighted by Crippen LogP contribution is 2.31. The molecular formula is C7H3IN2O3. The molecule has 0 unspecified atom stereocenters. The minimum atomic E-state index is -0.571. The molecule has 0 atom stereocenters. The molecule has 0 aliphatic rings. The summed E-state index contributed by atoms with van der Waals surface area (Å²) in [4.78, 5) is 23.1. The number of halogens is 1. The number of rotatable bonds is 2. The highest BCUT2D eigenvalue weighted by Gasteiger charge is 2.16. The topological polar surface area (TPSA) is 72.6 Å². The van der Waals surface area contributed by atoms with Crippen LogP contribution in [0.3, 0.4) is 0 Å². The zero-order chi connectivity index (χ0) is 9.84. The second-order valence-corrected chi connectivity index (χ2v) is 3.23. The maximum atomic E-state index is 10.5. The van der Waals surface area contributed by atoms with Crippen LogP contribution in [0.1, 0.15) is 0 Å². The molecule has 0 saturated carbocycles. The Hall–Kier alpha value is -1.27. The van der Waals surface area contributed by atoms with Gasteiger partial charge in [-0.2, -0.15) is 4.99 Å². The lowest BCUT2D eigenvalue weighted by Crippen LogP contribution is -1.91. The summed E-state index contributed by atoms with van der Waals surface area (Å²) >= 11 is 1.81. The minimum Gasteiger partial charge on any atom is -0.258 e. The Morgan fingerprint density at radius 1 is 1.54 bits per heavy atom. The Labute approximate surface area is 86.8 Å². The summed E-state index contributed by atoms with van der Waals surface area (Å²) in [5.74, 6) is 0. The van der Waals surface area contributed by atoms with Crippen molar-refractivity contribution in [1.29, 1.82) is 0 Å². The van der Waals surface area contributed by atoms with Gasteiger partial charge >= 0.3 is 5.69 Å². The normalized spacial score (nSPS) is 9.00. The van der Waals surface area contributed by atoms with E-state index in [0.717, 1.165) is 0 Å². The molecule has 0 spiro atoms. The first-order chi connectivity index (χ1) is 6.16. The average molecular weight is 290 g/mol. The van der Waals surface area contributed by atoms with Crippen molar-refractivity contribution < 1.29 is 9.72 Å². The molecule has 1 aromatic rings. The van der Waals surface area contributed by atoms with Gasteiger partial charge in [0.1, 0.15) is 0 Å². The van der Waals surface area contributed by atoms with Gasteiger partial charge in [0.2, 0.25) is 6.08 Å². The van der Waals surface area contributed by atoms with Gasteiger partial charge in [0.25, 0.3) is 0 Å². The molecule has 1 aromatic carbocycles. The van der Waals surface area contributed by atoms with Crippen molar-refractivity contribution in [3.8, 4) is 0 Å². The van der Waals surface area contributed by atoms with Gasteiger partial charge in [0.05, 0.1) is 8.49 Å². The third-order valence-corrected chi connectivity index (χ3v) is 2.18. The van der Waals surface area contributed by atoms with Crippen LogP contribution < -0.4 is 0 Å². The number of nitro groups is 1. The number of hydrogen-bond acceptors (Lipinski definition) is 4. The van der Waals surface area contributed by atoms with Crippen LogP contribution in [0.4, 0.5) is 11.4 Å². The van der Waals surface area contributed by atoms with E-state index < -0.39 is 4.92 Å². The predicted octanol–water partition coefficient (Wildman–Crippen LogP) is 2.17. The van der Waals surface area contributed by atoms with Crippen molar-refractivity contribution in [3.63, 3.8) is 0 Å². The molecule has 0 aromatic heterocycles. The van der Waals surface area contributed by atoms with Crippen LogP contribution >= 0.6 is 22.6 Å². The molecule has 0 bridgehead atoms. The summed E-state index contributed by atoms with van der Waals surface area (Å²) in [6, 6.07) is 4.55. The van der Waals surface area contributed by atoms with Crippen molar-refractivity contribution in [1.82, 2.24) is 0 Å². The lowest BCUT2D eigenvalue weighted by Gasteiger charge is -1.96. The SMILES string of the molecule is O=C=Nc1cccc(I)c1[N+](=O)[O-]. The summed E-state index contributed by atoms with van der Waals surface area (Å²) in [6.07, 6.45) is 1.27. The number of benzene rings is 1. The molecule has 0 aliphatic heterocycles. The van der Waals surface area contributed by atoms with E-state index in [4.69, 9.17) is 0 Å². The zero-order valence-corrected chi connectivity index (χ0v) is 8.39. The van der Waals surface area contributed by atoms with Gasteiger partial charge in [0, 0.05) is 0 Å². The Balaban J connectivity index is 3.42. The first-order valence-corrected chi connectivity index (χ1v) is 4.25. The number of aliphatic imine (C=N–C) groups is 1. The molecule has 13 heavy (non-hydrogen) atoms. The van der Waals surface area contributed by atoms with E-state index in [0.29, 0.717) is 3.57 Å². The molecule has 1 rings (SSSR count). The van der Waals surface area contributed by atoms with Crippen LogP contribution in [0.5, 0.6) is 0 Å². The lowest BCUT2D eigenvalue weighted by molar-refractivity contribution is -0.385. The molecule has 0 N–H and O–H groups in total. The van der Waals surface area contributed by atoms with E-state index in [9.17, 15) is 14.9 Å². The van der Waals surface area contributed by atoms with Gasteiger partial charge < -0.3 is 0 Å². The van der Waals surface area contributed by atoms with Gasteiger partial charge in [-0.25, -0.2) is 4.79 Å². The van der Waals surface area contributed by atoms with E-state index in [-0.39, 0.29) is 11.4 Å². The molecule has 0 heterocycles. The van der Waals surface area contributed by atoms with Crippen LogP contribution in [0.25, 0.3) is 0 Å². The van der Waals surface area contributed by atoms with Crippen LogP contribution in [-0.4, -0.2) is 11.0 Å². The van der Waals surface area contributed by atoms with Gasteiger partial charge in [-0.1, -0.05) is 6.07 Å². The van der Waals surface area contributed by atoms with Gasteiger partial charge in [-0.3, -0.25) is 10.1 Å². The summed E-state index contributed by atoms with van der Waals surface area (Å²) in [5, 5.41) is 10.5. The Kier molecular flexibility index (Phi) is 3.10. The standard InChI is InChI=1S/C7H3IN2O3/c8-5-2-1-3-6(9-4-11)7(5)10(12)13/h1-3H. The molecule has 0 fully saturated rings. The number of carbonyl (C=O) groups excluding carboxylic acids is 1. The van der Waals surface area contributed by atoms with E-state index >= 15 is 0 Å². The third kappa shape index (κ3) is 2.10. The fraction of sp³-hybridized carbons (Fsp3) is 0. The van der Waals surface area contributed by atoms with E-state index in [1.54, 1.807) is 12.1 Å². The van der Waals surface area contributed by atoms with Crippen LogP contribution in [-0.2, 0) is 4.79 Å². The lowest BCUT2D eigenvalue weighted by atomic mass is 10.3. The summed E-state index contributed by atoms with van der Waals surface area (Å²) in [7, 11) is 0. The molecule has 0 radical (unpaired) electrons. The monoisotopic (exact) mass is 290 g/mol. The van der Waals surface area contributed by atoms with Crippen molar-refractivity contribution in [3.05, 3.63) is 31.9 Å². The molecular weight excluding hydrogens is 287 g/mol. The van der Waals surface area contributed by atoms with Gasteiger partial charge in [-0.05, 0) is 34.7 Å². The third-order valence-electron chi connectivity index (χ3n) is 1.31. The first kappa shape index (κ1) is 9.82. The number of nitrogens with zero attached hydrogens (tertiary/aromatic N) is 2. The van der Waals surface area contributed by atoms with Crippen molar-refractivity contribution in [2.24, 2.45) is 4.99 Å². The van der Waals surface area contributed by atoms with Gasteiger partial charge in [0.15, 0.2) is 5.69 Å². The predicted molar refractivity (Wildman–Crippen MR) is 53.6 cm³/mol. The Morgan fingerprint density at radius 2 is 2.23 bits per heavy atom. The largest absolute Gasteiger partial charge is 0.308 e. The summed E-state index contributed by atoms with van der Waals surface area (Å²) in [6.45, 7) is 0. The maximum Gasteiger partial charge on any atom is 0.308 e. The van der Waals surface area contributed by atoms with Gasteiger partial charge in [-0.15, -0.1) is 0 Å². The van der Waals surface area contributed by atoms with E-state index in [2.05, 4.69) is 4.99 Å².